The van der Waals surface area contributed by atoms with Gasteiger partial charge in [0.15, 0.2) is 0 Å². The molecule has 1 aliphatic carbocycles. The summed E-state index contributed by atoms with van der Waals surface area (Å²) in [5.74, 6) is 0.280. The second-order valence-electron chi connectivity index (χ2n) is 7.36. The van der Waals surface area contributed by atoms with Crippen LogP contribution in [0.5, 0.6) is 0 Å². The highest BCUT2D eigenvalue weighted by molar-refractivity contribution is 6.29. The molecule has 0 unspecified atom stereocenters. The first-order valence-corrected chi connectivity index (χ1v) is 9.10. The Morgan fingerprint density at radius 1 is 1.31 bits per heavy atom. The Morgan fingerprint density at radius 2 is 2.00 bits per heavy atom. The average molecular weight is 385 g/mol. The topological polar surface area (TPSA) is 63.0 Å². The lowest BCUT2D eigenvalue weighted by atomic mass is 9.77. The van der Waals surface area contributed by atoms with Crippen LogP contribution in [0.25, 0.3) is 11.3 Å². The van der Waals surface area contributed by atoms with Crippen LogP contribution in [0, 0.1) is 5.92 Å². The number of alkyl halides is 2. The molecule has 0 aromatic carbocycles. The van der Waals surface area contributed by atoms with Crippen LogP contribution in [-0.4, -0.2) is 31.5 Å². The Kier molecular flexibility index (Phi) is 5.48. The van der Waals surface area contributed by atoms with Gasteiger partial charge in [0.05, 0.1) is 11.3 Å². The van der Waals surface area contributed by atoms with Crippen LogP contribution in [-0.2, 0) is 0 Å². The fraction of sp³-hybridized carbons (Fsp3) is 0.556. The molecule has 5 nitrogen and oxygen atoms in total. The third-order valence-corrected chi connectivity index (χ3v) is 5.25. The molecule has 0 atom stereocenters. The van der Waals surface area contributed by atoms with Crippen LogP contribution >= 0.6 is 11.6 Å². The van der Waals surface area contributed by atoms with E-state index in [4.69, 9.17) is 11.6 Å². The summed E-state index contributed by atoms with van der Waals surface area (Å²) < 4.78 is 26.2. The van der Waals surface area contributed by atoms with Crippen LogP contribution in [0.3, 0.4) is 0 Å². The van der Waals surface area contributed by atoms with Crippen molar-refractivity contribution in [2.75, 3.05) is 5.32 Å². The van der Waals surface area contributed by atoms with Gasteiger partial charge in [-0.1, -0.05) is 11.6 Å². The Hall–Kier alpha value is -1.73. The van der Waals surface area contributed by atoms with Crippen molar-refractivity contribution in [3.8, 4) is 11.3 Å². The van der Waals surface area contributed by atoms with E-state index in [9.17, 15) is 13.9 Å². The minimum absolute atomic E-state index is 0.225. The normalized spacial score (nSPS) is 21.2. The number of aliphatic hydroxyl groups is 1. The first kappa shape index (κ1) is 19.0. The minimum Gasteiger partial charge on any atom is -0.390 e. The van der Waals surface area contributed by atoms with Gasteiger partial charge in [-0.15, -0.1) is 0 Å². The van der Waals surface area contributed by atoms with E-state index in [1.165, 1.54) is 12.3 Å². The number of hydrogen-bond acceptors (Lipinski definition) is 4. The predicted molar refractivity (Wildman–Crippen MR) is 97.4 cm³/mol. The first-order chi connectivity index (χ1) is 12.2. The molecular weight excluding hydrogens is 362 g/mol. The maximum Gasteiger partial charge on any atom is 0.333 e. The zero-order chi connectivity index (χ0) is 18.9. The molecule has 8 heteroatoms. The lowest BCUT2D eigenvalue weighted by molar-refractivity contribution is -0.000393. The van der Waals surface area contributed by atoms with Gasteiger partial charge in [-0.3, -0.25) is 0 Å². The largest absolute Gasteiger partial charge is 0.390 e. The van der Waals surface area contributed by atoms with Crippen molar-refractivity contribution in [3.05, 3.63) is 29.7 Å². The number of halogens is 3. The lowest BCUT2D eigenvalue weighted by Crippen LogP contribution is -2.37. The number of rotatable bonds is 5. The molecule has 26 heavy (non-hydrogen) atoms. The summed E-state index contributed by atoms with van der Waals surface area (Å²) in [6.45, 7) is 1.02. The maximum atomic E-state index is 12.8. The summed E-state index contributed by atoms with van der Waals surface area (Å²) in [5, 5.41) is 17.9. The van der Waals surface area contributed by atoms with E-state index in [2.05, 4.69) is 15.4 Å². The van der Waals surface area contributed by atoms with Crippen LogP contribution in [0.2, 0.25) is 5.15 Å². The van der Waals surface area contributed by atoms with Crippen molar-refractivity contribution >= 4 is 17.3 Å². The van der Waals surface area contributed by atoms with E-state index >= 15 is 0 Å². The minimum atomic E-state index is -2.68. The van der Waals surface area contributed by atoms with Crippen LogP contribution in [0.1, 0.15) is 46.1 Å². The van der Waals surface area contributed by atoms with Crippen molar-refractivity contribution < 1.29 is 13.9 Å². The fourth-order valence-corrected chi connectivity index (χ4v) is 3.67. The Bertz CT molecular complexity index is 752. The smallest absolute Gasteiger partial charge is 0.333 e. The standard InChI is InChI=1S/C18H23ClF2N4O/c1-18(2,26)11-3-5-12(6-4-11)23-15-9-16(19)22-10-13(15)14-7-8-25(24-14)17(20)21/h7-12,17,26H,3-6H2,1-2H3,(H,22,23). The molecule has 0 bridgehead atoms. The van der Waals surface area contributed by atoms with Crippen LogP contribution < -0.4 is 5.32 Å². The molecule has 0 saturated heterocycles. The lowest BCUT2D eigenvalue weighted by Gasteiger charge is -2.36. The molecule has 142 valence electrons. The molecule has 0 radical (unpaired) electrons. The van der Waals surface area contributed by atoms with Gasteiger partial charge in [-0.2, -0.15) is 13.9 Å². The SMILES string of the molecule is CC(C)(O)C1CCC(Nc2cc(Cl)ncc2-c2ccn(C(F)F)n2)CC1. The van der Waals surface area contributed by atoms with Crippen molar-refractivity contribution in [2.24, 2.45) is 5.92 Å². The number of pyridine rings is 1. The van der Waals surface area contributed by atoms with E-state index < -0.39 is 12.2 Å². The summed E-state index contributed by atoms with van der Waals surface area (Å²) in [7, 11) is 0. The molecular formula is C18H23ClF2N4O. The molecule has 1 fully saturated rings. The van der Waals surface area contributed by atoms with Crippen molar-refractivity contribution in [1.82, 2.24) is 14.8 Å². The zero-order valence-corrected chi connectivity index (χ0v) is 15.5. The van der Waals surface area contributed by atoms with E-state index in [-0.39, 0.29) is 12.0 Å². The molecule has 2 aromatic rings. The number of hydrogen-bond donors (Lipinski definition) is 2. The highest BCUT2D eigenvalue weighted by Crippen LogP contribution is 2.35. The molecule has 0 spiro atoms. The van der Waals surface area contributed by atoms with E-state index in [0.717, 1.165) is 31.4 Å². The molecule has 1 saturated carbocycles. The highest BCUT2D eigenvalue weighted by Gasteiger charge is 2.31. The van der Waals surface area contributed by atoms with Crippen molar-refractivity contribution in [3.63, 3.8) is 0 Å². The quantitative estimate of drug-likeness (QED) is 0.731. The average Bonchev–Trinajstić information content (AvgIpc) is 3.05. The summed E-state index contributed by atoms with van der Waals surface area (Å²) in [4.78, 5) is 4.06. The van der Waals surface area contributed by atoms with Gasteiger partial charge >= 0.3 is 6.55 Å². The zero-order valence-electron chi connectivity index (χ0n) is 14.8. The number of nitrogens with zero attached hydrogens (tertiary/aromatic N) is 3. The van der Waals surface area contributed by atoms with Gasteiger partial charge in [-0.25, -0.2) is 9.67 Å². The van der Waals surface area contributed by atoms with Crippen molar-refractivity contribution in [2.45, 2.75) is 57.7 Å². The van der Waals surface area contributed by atoms with Crippen LogP contribution in [0.4, 0.5) is 14.5 Å². The van der Waals surface area contributed by atoms with E-state index in [1.807, 2.05) is 13.8 Å². The van der Waals surface area contributed by atoms with Crippen molar-refractivity contribution in [1.29, 1.82) is 0 Å². The van der Waals surface area contributed by atoms with Gasteiger partial charge < -0.3 is 10.4 Å². The van der Waals surface area contributed by atoms with Gasteiger partial charge in [0.25, 0.3) is 0 Å². The Labute approximate surface area is 156 Å². The second kappa shape index (κ2) is 7.48. The Balaban J connectivity index is 1.77. The fourth-order valence-electron chi connectivity index (χ4n) is 3.51. The van der Waals surface area contributed by atoms with Gasteiger partial charge in [0.2, 0.25) is 0 Å². The van der Waals surface area contributed by atoms with E-state index in [1.54, 1.807) is 12.3 Å². The molecule has 3 rings (SSSR count). The van der Waals surface area contributed by atoms with Crippen LogP contribution in [0.15, 0.2) is 24.5 Å². The summed E-state index contributed by atoms with van der Waals surface area (Å²) in [6.07, 6.45) is 6.47. The maximum absolute atomic E-state index is 12.8. The first-order valence-electron chi connectivity index (χ1n) is 8.72. The number of aromatic nitrogens is 3. The van der Waals surface area contributed by atoms with Gasteiger partial charge in [0, 0.05) is 29.7 Å². The van der Waals surface area contributed by atoms with E-state index in [0.29, 0.717) is 21.1 Å². The predicted octanol–water partition coefficient (Wildman–Crippen LogP) is 4.74. The Morgan fingerprint density at radius 3 is 2.58 bits per heavy atom. The second-order valence-corrected chi connectivity index (χ2v) is 7.75. The molecule has 2 aromatic heterocycles. The summed E-state index contributed by atoms with van der Waals surface area (Å²) in [6, 6.07) is 3.45. The molecule has 1 aliphatic rings. The highest BCUT2D eigenvalue weighted by atomic mass is 35.5. The molecule has 0 amide bonds. The monoisotopic (exact) mass is 384 g/mol. The third kappa shape index (κ3) is 4.32. The third-order valence-electron chi connectivity index (χ3n) is 5.04. The number of nitrogens with one attached hydrogen (secondary N) is 1. The summed E-state index contributed by atoms with van der Waals surface area (Å²) in [5.41, 5.74) is 1.12. The molecule has 0 aliphatic heterocycles. The van der Waals surface area contributed by atoms with Gasteiger partial charge in [-0.05, 0) is 57.6 Å². The molecule has 2 N–H and O–H groups in total. The number of anilines is 1. The molecule has 2 heterocycles. The summed E-state index contributed by atoms with van der Waals surface area (Å²) >= 11 is 6.03. The van der Waals surface area contributed by atoms with Gasteiger partial charge in [0.1, 0.15) is 5.15 Å².